The Morgan fingerprint density at radius 3 is 2.81 bits per heavy atom. The Labute approximate surface area is 122 Å². The van der Waals surface area contributed by atoms with Crippen molar-refractivity contribution in [1.29, 1.82) is 0 Å². The molecule has 2 aromatic heterocycles. The fourth-order valence-corrected chi connectivity index (χ4v) is 2.14. The highest BCUT2D eigenvalue weighted by Gasteiger charge is 2.09. The van der Waals surface area contributed by atoms with Gasteiger partial charge in [-0.1, -0.05) is 6.07 Å². The van der Waals surface area contributed by atoms with E-state index in [4.69, 9.17) is 5.73 Å². The zero-order chi connectivity index (χ0) is 14.8. The molecule has 5 heteroatoms. The van der Waals surface area contributed by atoms with Crippen LogP contribution in [0.1, 0.15) is 15.9 Å². The number of rotatable bonds is 3. The Morgan fingerprint density at radius 1 is 1.24 bits per heavy atom. The van der Waals surface area contributed by atoms with Crippen LogP contribution in [-0.4, -0.2) is 20.7 Å². The van der Waals surface area contributed by atoms with Gasteiger partial charge in [0.2, 0.25) is 5.91 Å². The van der Waals surface area contributed by atoms with Crippen molar-refractivity contribution in [1.82, 2.24) is 14.8 Å². The molecule has 0 aliphatic rings. The molecule has 0 aliphatic heterocycles. The molecule has 1 amide bonds. The van der Waals surface area contributed by atoms with Crippen LogP contribution in [0.4, 0.5) is 0 Å². The van der Waals surface area contributed by atoms with E-state index in [1.165, 1.54) is 0 Å². The first-order valence-corrected chi connectivity index (χ1v) is 6.52. The lowest BCUT2D eigenvalue weighted by atomic mass is 10.1. The molecule has 0 atom stereocenters. The van der Waals surface area contributed by atoms with Gasteiger partial charge in [0, 0.05) is 29.7 Å². The van der Waals surface area contributed by atoms with Crippen LogP contribution in [0.3, 0.4) is 0 Å². The van der Waals surface area contributed by atoms with Gasteiger partial charge in [0.1, 0.15) is 0 Å². The van der Waals surface area contributed by atoms with Crippen LogP contribution in [0.25, 0.3) is 16.9 Å². The molecule has 2 N–H and O–H groups in total. The Balaban J connectivity index is 2.04. The lowest BCUT2D eigenvalue weighted by Crippen LogP contribution is -2.12. The van der Waals surface area contributed by atoms with Crippen molar-refractivity contribution in [3.8, 4) is 16.9 Å². The average Bonchev–Trinajstić information content (AvgIpc) is 2.98. The highest BCUT2D eigenvalue weighted by Crippen LogP contribution is 2.20. The number of aromatic nitrogens is 3. The Bertz CT molecular complexity index is 793. The van der Waals surface area contributed by atoms with E-state index >= 15 is 0 Å². The summed E-state index contributed by atoms with van der Waals surface area (Å²) in [4.78, 5) is 15.4. The molecule has 0 saturated carbocycles. The highest BCUT2D eigenvalue weighted by atomic mass is 16.1. The fourth-order valence-electron chi connectivity index (χ4n) is 2.14. The quantitative estimate of drug-likeness (QED) is 0.799. The van der Waals surface area contributed by atoms with Gasteiger partial charge < -0.3 is 5.73 Å². The number of nitrogens with two attached hydrogens (primary N) is 1. The number of benzene rings is 1. The number of primary amides is 1. The van der Waals surface area contributed by atoms with Gasteiger partial charge in [0.05, 0.1) is 11.4 Å². The molecule has 0 saturated heterocycles. The average molecular weight is 278 g/mol. The SMILES string of the molecule is Cc1ccc(C(N)=O)cc1-n1ccc(-c2cccnc2)n1. The minimum absolute atomic E-state index is 0.448. The number of hydrogen-bond donors (Lipinski definition) is 1. The van der Waals surface area contributed by atoms with Gasteiger partial charge in [-0.05, 0) is 42.8 Å². The molecule has 0 bridgehead atoms. The van der Waals surface area contributed by atoms with E-state index < -0.39 is 5.91 Å². The van der Waals surface area contributed by atoms with E-state index in [1.807, 2.05) is 37.4 Å². The molecular formula is C16H14N4O. The van der Waals surface area contributed by atoms with Crippen LogP contribution >= 0.6 is 0 Å². The van der Waals surface area contributed by atoms with Gasteiger partial charge in [0.25, 0.3) is 0 Å². The van der Waals surface area contributed by atoms with Crippen LogP contribution in [0.15, 0.2) is 55.0 Å². The van der Waals surface area contributed by atoms with Gasteiger partial charge >= 0.3 is 0 Å². The monoisotopic (exact) mass is 278 g/mol. The molecule has 0 fully saturated rings. The van der Waals surface area contributed by atoms with Crippen molar-refractivity contribution in [2.75, 3.05) is 0 Å². The Morgan fingerprint density at radius 2 is 2.10 bits per heavy atom. The molecule has 0 unspecified atom stereocenters. The molecule has 21 heavy (non-hydrogen) atoms. The van der Waals surface area contributed by atoms with Crippen molar-refractivity contribution in [2.45, 2.75) is 6.92 Å². The number of amides is 1. The molecular weight excluding hydrogens is 264 g/mol. The number of hydrogen-bond acceptors (Lipinski definition) is 3. The number of carbonyl (C=O) groups excluding carboxylic acids is 1. The maximum atomic E-state index is 11.3. The molecule has 3 rings (SSSR count). The van der Waals surface area contributed by atoms with Crippen LogP contribution in [-0.2, 0) is 0 Å². The summed E-state index contributed by atoms with van der Waals surface area (Å²) in [5, 5.41) is 4.54. The number of aryl methyl sites for hydroxylation is 1. The predicted octanol–water partition coefficient (Wildman–Crippen LogP) is 2.34. The van der Waals surface area contributed by atoms with E-state index in [-0.39, 0.29) is 0 Å². The van der Waals surface area contributed by atoms with Gasteiger partial charge in [0.15, 0.2) is 0 Å². The van der Waals surface area contributed by atoms with Crippen molar-refractivity contribution in [2.24, 2.45) is 5.73 Å². The first kappa shape index (κ1) is 13.1. The van der Waals surface area contributed by atoms with Gasteiger partial charge in [-0.25, -0.2) is 4.68 Å². The van der Waals surface area contributed by atoms with Crippen LogP contribution in [0.2, 0.25) is 0 Å². The van der Waals surface area contributed by atoms with Crippen LogP contribution in [0, 0.1) is 6.92 Å². The summed E-state index contributed by atoms with van der Waals surface area (Å²) in [6.07, 6.45) is 5.34. The smallest absolute Gasteiger partial charge is 0.248 e. The third-order valence-corrected chi connectivity index (χ3v) is 3.29. The standard InChI is InChI=1S/C16H14N4O/c1-11-4-5-12(16(17)21)9-15(11)20-8-6-14(19-20)13-3-2-7-18-10-13/h2-10H,1H3,(H2,17,21). The molecule has 1 aromatic carbocycles. The summed E-state index contributed by atoms with van der Waals surface area (Å²) in [6.45, 7) is 1.96. The van der Waals surface area contributed by atoms with Crippen molar-refractivity contribution in [3.05, 3.63) is 66.1 Å². The Hall–Kier alpha value is -2.95. The summed E-state index contributed by atoms with van der Waals surface area (Å²) in [5.74, 6) is -0.448. The molecule has 0 spiro atoms. The summed E-state index contributed by atoms with van der Waals surface area (Å²) in [6, 6.07) is 11.1. The van der Waals surface area contributed by atoms with E-state index in [0.717, 1.165) is 22.5 Å². The van der Waals surface area contributed by atoms with E-state index in [1.54, 1.807) is 29.2 Å². The second kappa shape index (κ2) is 5.20. The first-order chi connectivity index (χ1) is 10.1. The van der Waals surface area contributed by atoms with Gasteiger partial charge in [-0.15, -0.1) is 0 Å². The van der Waals surface area contributed by atoms with Crippen molar-refractivity contribution < 1.29 is 4.79 Å². The summed E-state index contributed by atoms with van der Waals surface area (Å²) < 4.78 is 1.74. The zero-order valence-electron chi connectivity index (χ0n) is 11.5. The Kier molecular flexibility index (Phi) is 3.23. The normalized spacial score (nSPS) is 10.5. The largest absolute Gasteiger partial charge is 0.366 e. The highest BCUT2D eigenvalue weighted by molar-refractivity contribution is 5.93. The second-order valence-corrected chi connectivity index (χ2v) is 4.75. The summed E-state index contributed by atoms with van der Waals surface area (Å²) in [7, 11) is 0. The molecule has 3 aromatic rings. The van der Waals surface area contributed by atoms with Crippen LogP contribution in [0.5, 0.6) is 0 Å². The topological polar surface area (TPSA) is 73.8 Å². The third kappa shape index (κ3) is 2.53. The van der Waals surface area contributed by atoms with E-state index in [0.29, 0.717) is 5.56 Å². The third-order valence-electron chi connectivity index (χ3n) is 3.29. The molecule has 104 valence electrons. The summed E-state index contributed by atoms with van der Waals surface area (Å²) in [5.41, 5.74) is 9.42. The van der Waals surface area contributed by atoms with Gasteiger partial charge in [-0.3, -0.25) is 9.78 Å². The first-order valence-electron chi connectivity index (χ1n) is 6.52. The van der Waals surface area contributed by atoms with Gasteiger partial charge in [-0.2, -0.15) is 5.10 Å². The molecule has 0 radical (unpaired) electrons. The fraction of sp³-hybridized carbons (Fsp3) is 0.0625. The van der Waals surface area contributed by atoms with Crippen LogP contribution < -0.4 is 5.73 Å². The maximum Gasteiger partial charge on any atom is 0.248 e. The maximum absolute atomic E-state index is 11.3. The molecule has 0 aliphatic carbocycles. The molecule has 2 heterocycles. The van der Waals surface area contributed by atoms with Crippen molar-refractivity contribution in [3.63, 3.8) is 0 Å². The lowest BCUT2D eigenvalue weighted by Gasteiger charge is -2.07. The second-order valence-electron chi connectivity index (χ2n) is 4.75. The predicted molar refractivity (Wildman–Crippen MR) is 80.0 cm³/mol. The zero-order valence-corrected chi connectivity index (χ0v) is 11.5. The number of pyridine rings is 1. The molecule has 5 nitrogen and oxygen atoms in total. The number of nitrogens with zero attached hydrogens (tertiary/aromatic N) is 3. The van der Waals surface area contributed by atoms with E-state index in [2.05, 4.69) is 10.1 Å². The van der Waals surface area contributed by atoms with E-state index in [9.17, 15) is 4.79 Å². The van der Waals surface area contributed by atoms with Crippen molar-refractivity contribution >= 4 is 5.91 Å². The lowest BCUT2D eigenvalue weighted by molar-refractivity contribution is 0.100. The minimum atomic E-state index is -0.448. The number of carbonyl (C=O) groups is 1. The minimum Gasteiger partial charge on any atom is -0.366 e. The summed E-state index contributed by atoms with van der Waals surface area (Å²) >= 11 is 0.